The van der Waals surface area contributed by atoms with Gasteiger partial charge in [-0.15, -0.1) is 0 Å². The van der Waals surface area contributed by atoms with Gasteiger partial charge in [-0.25, -0.2) is 4.99 Å². The number of hydrogen-bond acceptors (Lipinski definition) is 11. The second kappa shape index (κ2) is 13.4. The fourth-order valence-electron chi connectivity index (χ4n) is 6.32. The number of aromatic hydroxyl groups is 1. The zero-order valence-electron chi connectivity index (χ0n) is 26.5. The van der Waals surface area contributed by atoms with Gasteiger partial charge in [-0.2, -0.15) is 0 Å². The van der Waals surface area contributed by atoms with E-state index in [9.17, 15) is 25.2 Å². The minimum atomic E-state index is -1.61. The first-order valence-electron chi connectivity index (χ1n) is 16.0. The van der Waals surface area contributed by atoms with Crippen LogP contribution in [0.2, 0.25) is 0 Å². The summed E-state index contributed by atoms with van der Waals surface area (Å²) in [7, 11) is 1.15. The number of rotatable bonds is 7. The van der Waals surface area contributed by atoms with Crippen LogP contribution in [0.4, 0.5) is 11.4 Å². The van der Waals surface area contributed by atoms with Crippen LogP contribution in [0.1, 0.15) is 11.1 Å². The van der Waals surface area contributed by atoms with E-state index in [0.29, 0.717) is 45.6 Å². The Labute approximate surface area is 277 Å². The van der Waals surface area contributed by atoms with E-state index in [1.165, 1.54) is 0 Å². The van der Waals surface area contributed by atoms with Gasteiger partial charge in [0.05, 0.1) is 36.7 Å². The average molecular weight is 656 g/mol. The molecule has 0 aliphatic carbocycles. The molecule has 48 heavy (non-hydrogen) atoms. The number of ether oxygens (including phenoxy) is 1. The van der Waals surface area contributed by atoms with Gasteiger partial charge in [0.1, 0.15) is 18.3 Å². The molecule has 1 spiro atoms. The molecular weight excluding hydrogens is 617 g/mol. The summed E-state index contributed by atoms with van der Waals surface area (Å²) >= 11 is 0. The van der Waals surface area contributed by atoms with Gasteiger partial charge in [0.25, 0.3) is 0 Å². The number of aromatic amines is 1. The Morgan fingerprint density at radius 1 is 1.04 bits per heavy atom. The topological polar surface area (TPSA) is 172 Å². The average Bonchev–Trinajstić information content (AvgIpc) is 3.67. The number of nitrogens with one attached hydrogen (secondary N) is 2. The molecule has 7 rings (SSSR count). The van der Waals surface area contributed by atoms with Crippen molar-refractivity contribution in [2.24, 2.45) is 4.99 Å². The molecule has 3 saturated heterocycles. The number of nitrogens with zero attached hydrogens (tertiary/aromatic N) is 3. The van der Waals surface area contributed by atoms with Crippen molar-refractivity contribution in [1.29, 1.82) is 0 Å². The molecule has 1 aromatic heterocycles. The normalized spacial score (nSPS) is 25.6. The van der Waals surface area contributed by atoms with Crippen molar-refractivity contribution in [2.45, 2.75) is 24.1 Å². The van der Waals surface area contributed by atoms with Crippen LogP contribution in [0.5, 0.6) is 5.88 Å². The molecule has 13 nitrogen and oxygen atoms in total. The number of carbonyl (C=O) groups excluding carboxylic acids is 1. The molecule has 6 N–H and O–H groups in total. The smallest absolute Gasteiger partial charge is 0.494 e. The molecule has 0 saturated carbocycles. The van der Waals surface area contributed by atoms with E-state index in [0.717, 1.165) is 31.7 Å². The van der Waals surface area contributed by atoms with Crippen molar-refractivity contribution >= 4 is 46.5 Å². The van der Waals surface area contributed by atoms with Crippen molar-refractivity contribution in [1.82, 2.24) is 14.8 Å². The van der Waals surface area contributed by atoms with E-state index in [2.05, 4.69) is 27.1 Å². The first-order valence-corrected chi connectivity index (χ1v) is 16.0. The predicted molar refractivity (Wildman–Crippen MR) is 180 cm³/mol. The van der Waals surface area contributed by atoms with Gasteiger partial charge in [0, 0.05) is 48.3 Å². The molecule has 4 heterocycles. The third-order valence-corrected chi connectivity index (χ3v) is 9.12. The maximum Gasteiger partial charge on any atom is 0.496 e. The number of aromatic nitrogens is 1. The molecule has 0 bridgehead atoms. The number of benzene rings is 3. The van der Waals surface area contributed by atoms with E-state index >= 15 is 0 Å². The molecule has 1 amide bonds. The van der Waals surface area contributed by atoms with Gasteiger partial charge in [-0.3, -0.25) is 9.69 Å². The van der Waals surface area contributed by atoms with Crippen molar-refractivity contribution in [3.05, 3.63) is 83.9 Å². The summed E-state index contributed by atoms with van der Waals surface area (Å²) in [4.78, 5) is 25.1. The zero-order valence-corrected chi connectivity index (χ0v) is 26.5. The van der Waals surface area contributed by atoms with Gasteiger partial charge in [0.2, 0.25) is 11.7 Å². The lowest BCUT2D eigenvalue weighted by Crippen LogP contribution is -2.62. The Bertz CT molecular complexity index is 1800. The second-order valence-electron chi connectivity index (χ2n) is 12.5. The molecule has 0 radical (unpaired) electrons. The number of H-pyrrole nitrogens is 1. The molecule has 4 atom stereocenters. The van der Waals surface area contributed by atoms with Crippen molar-refractivity contribution in [3.63, 3.8) is 0 Å². The van der Waals surface area contributed by atoms with E-state index in [1.54, 1.807) is 12.1 Å². The lowest BCUT2D eigenvalue weighted by molar-refractivity contribution is -0.302. The number of anilines is 1. The highest BCUT2D eigenvalue weighted by Gasteiger charge is 2.57. The number of amides is 1. The monoisotopic (exact) mass is 655 g/mol. The Balaban J connectivity index is 1.13. The van der Waals surface area contributed by atoms with Gasteiger partial charge in [-0.1, -0.05) is 42.5 Å². The van der Waals surface area contributed by atoms with E-state index in [1.807, 2.05) is 60.7 Å². The quantitative estimate of drug-likeness (QED) is 0.124. The first-order chi connectivity index (χ1) is 23.2. The molecule has 3 fully saturated rings. The maximum absolute atomic E-state index is 12.7. The number of aliphatic imine (C=N–C) groups is 1. The van der Waals surface area contributed by atoms with Crippen LogP contribution in [0.3, 0.4) is 0 Å². The van der Waals surface area contributed by atoms with Gasteiger partial charge >= 0.3 is 7.12 Å². The summed E-state index contributed by atoms with van der Waals surface area (Å²) in [6.45, 7) is 3.60. The predicted octanol–water partition coefficient (Wildman–Crippen LogP) is 0.780. The summed E-state index contributed by atoms with van der Waals surface area (Å²) < 4.78 is 17.4. The SMILES string of the molecule is CN1CCN(CC(=O)Nc2ccc(N=C(c3ccccc3)c3c(O)[nH]c4cc(B5OC[C@]6(OC[C@@H](O)[C@@H](O)[C@@H]6O)O5)ccc34)cc2)CC1. The zero-order chi connectivity index (χ0) is 33.4. The minimum absolute atomic E-state index is 0.0636. The first kappa shape index (κ1) is 32.4. The number of aliphatic hydroxyl groups excluding tert-OH is 3. The number of aliphatic hydroxyl groups is 3. The molecule has 250 valence electrons. The fraction of sp³-hybridized carbons (Fsp3) is 0.353. The Hall–Kier alpha value is -4.12. The van der Waals surface area contributed by atoms with Crippen molar-refractivity contribution < 1.29 is 39.3 Å². The molecule has 4 aromatic rings. The Kier molecular flexibility index (Phi) is 9.07. The van der Waals surface area contributed by atoms with Gasteiger partial charge < -0.3 is 49.7 Å². The molecular formula is C34H38BN5O8. The molecule has 14 heteroatoms. The lowest BCUT2D eigenvalue weighted by Gasteiger charge is -2.41. The van der Waals surface area contributed by atoms with Gasteiger partial charge in [-0.05, 0) is 42.8 Å². The van der Waals surface area contributed by atoms with E-state index < -0.39 is 31.2 Å². The Morgan fingerprint density at radius 2 is 1.79 bits per heavy atom. The summed E-state index contributed by atoms with van der Waals surface area (Å²) in [5.74, 6) is -1.76. The number of carbonyl (C=O) groups is 1. The van der Waals surface area contributed by atoms with Crippen molar-refractivity contribution in [3.8, 4) is 5.88 Å². The van der Waals surface area contributed by atoms with Crippen LogP contribution in [-0.4, -0.2) is 131 Å². The number of piperazine rings is 1. The third kappa shape index (κ3) is 6.49. The highest BCUT2D eigenvalue weighted by atomic mass is 16.8. The van der Waals surface area contributed by atoms with Crippen LogP contribution in [0.25, 0.3) is 10.9 Å². The van der Waals surface area contributed by atoms with Crippen LogP contribution in [0, 0.1) is 0 Å². The summed E-state index contributed by atoms with van der Waals surface area (Å²) in [6.07, 6.45) is -4.18. The van der Waals surface area contributed by atoms with E-state index in [4.69, 9.17) is 19.0 Å². The number of likely N-dealkylation sites (N-methyl/N-ethyl adjacent to an activating group) is 1. The third-order valence-electron chi connectivity index (χ3n) is 9.12. The number of fused-ring (bicyclic) bond motifs is 1. The summed E-state index contributed by atoms with van der Waals surface area (Å²) in [6, 6.07) is 22.2. The van der Waals surface area contributed by atoms with Crippen molar-refractivity contribution in [2.75, 3.05) is 58.3 Å². The molecule has 3 aliphatic heterocycles. The fourth-order valence-corrected chi connectivity index (χ4v) is 6.32. The van der Waals surface area contributed by atoms with Crippen LogP contribution in [0.15, 0.2) is 77.8 Å². The lowest BCUT2D eigenvalue weighted by atomic mass is 9.78. The Morgan fingerprint density at radius 3 is 2.54 bits per heavy atom. The van der Waals surface area contributed by atoms with Crippen LogP contribution in [-0.2, 0) is 18.8 Å². The maximum atomic E-state index is 12.7. The van der Waals surface area contributed by atoms with Crippen LogP contribution < -0.4 is 10.8 Å². The van der Waals surface area contributed by atoms with Gasteiger partial charge in [0.15, 0.2) is 5.88 Å². The highest BCUT2D eigenvalue weighted by Crippen LogP contribution is 2.35. The minimum Gasteiger partial charge on any atom is -0.494 e. The second-order valence-corrected chi connectivity index (χ2v) is 12.5. The van der Waals surface area contributed by atoms with E-state index in [-0.39, 0.29) is 25.0 Å². The number of hydrogen-bond donors (Lipinski definition) is 6. The van der Waals surface area contributed by atoms with Crippen LogP contribution >= 0.6 is 0 Å². The molecule has 3 aromatic carbocycles. The largest absolute Gasteiger partial charge is 0.496 e. The molecule has 0 unspecified atom stereocenters. The summed E-state index contributed by atoms with van der Waals surface area (Å²) in [5, 5.41) is 45.5. The molecule has 3 aliphatic rings. The highest BCUT2D eigenvalue weighted by molar-refractivity contribution is 6.62. The summed E-state index contributed by atoms with van der Waals surface area (Å²) in [5.41, 5.74) is 4.32. The standard InChI is InChI=1S/C34H38BN5O8/c1-39-13-15-40(16-14-39)18-28(42)36-23-8-10-24(11-9-23)37-30(21-5-3-2-4-6-21)29-25-12-7-22(17-26(25)38-33(29)45)35-47-20-34(48-35)32(44)31(43)27(41)19-46-34/h2-12,17,27,31-32,38,41,43-45H,13-16,18-20H2,1H3,(H,36,42)/t27-,31-,32+,34+/m1/s1.